The van der Waals surface area contributed by atoms with Crippen molar-refractivity contribution < 1.29 is 0 Å². The maximum absolute atomic E-state index is 5.02. The summed E-state index contributed by atoms with van der Waals surface area (Å²) < 4.78 is 0. The fraction of sp³-hybridized carbons (Fsp3) is 0.500. The Kier molecular flexibility index (Phi) is 5.40. The Morgan fingerprint density at radius 3 is 2.48 bits per heavy atom. The highest BCUT2D eigenvalue weighted by atomic mass is 15.2. The second kappa shape index (κ2) is 7.12. The number of hydrogen-bond donors (Lipinski definition) is 0. The van der Waals surface area contributed by atoms with Gasteiger partial charge in [0.15, 0.2) is 0 Å². The van der Waals surface area contributed by atoms with Crippen LogP contribution >= 0.6 is 0 Å². The second-order valence-corrected chi connectivity index (χ2v) is 6.17. The van der Waals surface area contributed by atoms with Gasteiger partial charge in [-0.05, 0) is 51.7 Å². The van der Waals surface area contributed by atoms with Crippen molar-refractivity contribution in [2.45, 2.75) is 54.4 Å². The van der Waals surface area contributed by atoms with Crippen LogP contribution in [0.2, 0.25) is 0 Å². The minimum absolute atomic E-state index is 0.846. The Labute approximate surface area is 140 Å². The van der Waals surface area contributed by atoms with E-state index in [2.05, 4.69) is 58.0 Å². The van der Waals surface area contributed by atoms with Crippen LogP contribution in [0.15, 0.2) is 55.9 Å². The molecule has 2 aliphatic rings. The van der Waals surface area contributed by atoms with Crippen LogP contribution in [0.3, 0.4) is 0 Å². The molecule has 1 heterocycles. The normalized spacial score (nSPS) is 21.2. The van der Waals surface area contributed by atoms with Crippen LogP contribution < -0.4 is 0 Å². The molecule has 0 radical (unpaired) electrons. The third kappa shape index (κ3) is 3.10. The summed E-state index contributed by atoms with van der Waals surface area (Å²) in [4.78, 5) is 12.0. The van der Waals surface area contributed by atoms with Gasteiger partial charge in [0.25, 0.3) is 0 Å². The Bertz CT molecular complexity index is 669. The molecule has 1 aliphatic carbocycles. The van der Waals surface area contributed by atoms with E-state index in [4.69, 9.17) is 4.99 Å². The summed E-state index contributed by atoms with van der Waals surface area (Å²) >= 11 is 0. The maximum Gasteiger partial charge on any atom is 0.0899 e. The van der Waals surface area contributed by atoms with E-state index in [1.165, 1.54) is 22.4 Å². The minimum atomic E-state index is 0.846. The van der Waals surface area contributed by atoms with E-state index in [0.717, 1.165) is 48.6 Å². The molecular formula is C20H29N3. The minimum Gasteiger partial charge on any atom is -0.364 e. The van der Waals surface area contributed by atoms with Crippen molar-refractivity contribution in [2.24, 2.45) is 9.98 Å². The molecule has 0 bridgehead atoms. The van der Waals surface area contributed by atoms with Crippen LogP contribution in [-0.4, -0.2) is 29.9 Å². The zero-order chi connectivity index (χ0) is 17.1. The molecule has 1 aliphatic heterocycles. The SMILES string of the molecule is C=C1C(=N/C(CC)=C(\C)CC)C(C)=C(C)C2=C1N(CC)CC=N2. The van der Waals surface area contributed by atoms with Gasteiger partial charge >= 0.3 is 0 Å². The van der Waals surface area contributed by atoms with Crippen molar-refractivity contribution in [3.05, 3.63) is 46.0 Å². The lowest BCUT2D eigenvalue weighted by Crippen LogP contribution is -2.33. The van der Waals surface area contributed by atoms with Crippen LogP contribution in [-0.2, 0) is 0 Å². The number of nitrogens with zero attached hydrogens (tertiary/aromatic N) is 3. The van der Waals surface area contributed by atoms with Crippen molar-refractivity contribution in [3.8, 4) is 0 Å². The largest absolute Gasteiger partial charge is 0.364 e. The quantitative estimate of drug-likeness (QED) is 0.714. The van der Waals surface area contributed by atoms with Crippen molar-refractivity contribution in [1.29, 1.82) is 0 Å². The summed E-state index contributed by atoms with van der Waals surface area (Å²) in [6.45, 7) is 19.2. The van der Waals surface area contributed by atoms with E-state index in [0.29, 0.717) is 0 Å². The number of aliphatic imine (C=N–C) groups is 2. The highest BCUT2D eigenvalue weighted by Gasteiger charge is 2.29. The molecule has 3 nitrogen and oxygen atoms in total. The molecule has 0 amide bonds. The highest BCUT2D eigenvalue weighted by Crippen LogP contribution is 2.36. The molecule has 0 N–H and O–H groups in total. The van der Waals surface area contributed by atoms with Gasteiger partial charge in [-0.15, -0.1) is 0 Å². The van der Waals surface area contributed by atoms with Crippen LogP contribution in [0, 0.1) is 0 Å². The van der Waals surface area contributed by atoms with E-state index in [1.54, 1.807) is 0 Å². The van der Waals surface area contributed by atoms with Crippen molar-refractivity contribution >= 4 is 11.9 Å². The molecule has 2 rings (SSSR count). The van der Waals surface area contributed by atoms with Gasteiger partial charge in [0, 0.05) is 24.0 Å². The molecule has 3 heteroatoms. The van der Waals surface area contributed by atoms with Gasteiger partial charge in [0.05, 0.1) is 23.7 Å². The summed E-state index contributed by atoms with van der Waals surface area (Å²) in [5.74, 6) is 0. The Morgan fingerprint density at radius 1 is 1.22 bits per heavy atom. The topological polar surface area (TPSA) is 28.0 Å². The smallest absolute Gasteiger partial charge is 0.0899 e. The van der Waals surface area contributed by atoms with E-state index in [-0.39, 0.29) is 0 Å². The lowest BCUT2D eigenvalue weighted by atomic mass is 9.88. The molecule has 0 spiro atoms. The van der Waals surface area contributed by atoms with Gasteiger partial charge < -0.3 is 4.90 Å². The van der Waals surface area contributed by atoms with Gasteiger partial charge in [-0.2, -0.15) is 0 Å². The number of likely N-dealkylation sites (N-methyl/N-ethyl adjacent to an activating group) is 1. The summed E-state index contributed by atoms with van der Waals surface area (Å²) in [7, 11) is 0. The van der Waals surface area contributed by atoms with E-state index < -0.39 is 0 Å². The molecule has 23 heavy (non-hydrogen) atoms. The fourth-order valence-corrected chi connectivity index (χ4v) is 3.09. The molecular weight excluding hydrogens is 282 g/mol. The second-order valence-electron chi connectivity index (χ2n) is 6.17. The first kappa shape index (κ1) is 17.5. The van der Waals surface area contributed by atoms with E-state index >= 15 is 0 Å². The Hall–Kier alpha value is -1.90. The molecule has 0 aromatic carbocycles. The summed E-state index contributed by atoms with van der Waals surface area (Å²) in [5, 5.41) is 0. The summed E-state index contributed by atoms with van der Waals surface area (Å²) in [6.07, 6.45) is 3.98. The summed E-state index contributed by atoms with van der Waals surface area (Å²) in [5.41, 5.74) is 9.20. The lowest BCUT2D eigenvalue weighted by molar-refractivity contribution is 0.415. The van der Waals surface area contributed by atoms with E-state index in [1.807, 2.05) is 6.21 Å². The molecule has 0 saturated heterocycles. The van der Waals surface area contributed by atoms with Crippen molar-refractivity contribution in [2.75, 3.05) is 13.1 Å². The van der Waals surface area contributed by atoms with Crippen molar-refractivity contribution in [1.82, 2.24) is 4.90 Å². The lowest BCUT2D eigenvalue weighted by Gasteiger charge is -2.34. The van der Waals surface area contributed by atoms with Crippen LogP contribution in [0.4, 0.5) is 0 Å². The molecule has 124 valence electrons. The van der Waals surface area contributed by atoms with Gasteiger partial charge in [-0.1, -0.05) is 26.0 Å². The molecule has 0 saturated carbocycles. The third-order valence-electron chi connectivity index (χ3n) is 4.89. The monoisotopic (exact) mass is 311 g/mol. The number of hydrogen-bond acceptors (Lipinski definition) is 3. The van der Waals surface area contributed by atoms with E-state index in [9.17, 15) is 0 Å². The molecule has 0 aromatic rings. The standard InChI is InChI=1S/C20H29N3/c1-8-13(4)17(9-2)22-18-14(5)15(6)19-20(16(18)7)23(10-3)12-11-21-19/h11H,7-10,12H2,1-6H3/b17-13+,22-18?. The predicted molar refractivity (Wildman–Crippen MR) is 101 cm³/mol. The Morgan fingerprint density at radius 2 is 1.91 bits per heavy atom. The Balaban J connectivity index is 2.60. The maximum atomic E-state index is 5.02. The van der Waals surface area contributed by atoms with Gasteiger partial charge in [0.2, 0.25) is 0 Å². The zero-order valence-corrected chi connectivity index (χ0v) is 15.5. The molecule has 0 atom stereocenters. The first-order valence-corrected chi connectivity index (χ1v) is 8.63. The van der Waals surface area contributed by atoms with Crippen LogP contribution in [0.25, 0.3) is 0 Å². The third-order valence-corrected chi connectivity index (χ3v) is 4.89. The molecule has 0 fully saturated rings. The zero-order valence-electron chi connectivity index (χ0n) is 15.5. The van der Waals surface area contributed by atoms with Crippen LogP contribution in [0.1, 0.15) is 54.4 Å². The number of allylic oxidation sites excluding steroid dienone is 5. The molecule has 0 aromatic heterocycles. The average Bonchev–Trinajstić information content (AvgIpc) is 2.58. The van der Waals surface area contributed by atoms with Crippen LogP contribution in [0.5, 0.6) is 0 Å². The first-order valence-electron chi connectivity index (χ1n) is 8.63. The average molecular weight is 311 g/mol. The molecule has 0 unspecified atom stereocenters. The van der Waals surface area contributed by atoms with Gasteiger partial charge in [-0.3, -0.25) is 9.98 Å². The highest BCUT2D eigenvalue weighted by molar-refractivity contribution is 6.17. The fourth-order valence-electron chi connectivity index (χ4n) is 3.09. The van der Waals surface area contributed by atoms with Gasteiger partial charge in [0.1, 0.15) is 0 Å². The first-order chi connectivity index (χ1) is 11.0. The van der Waals surface area contributed by atoms with Crippen molar-refractivity contribution in [3.63, 3.8) is 0 Å². The summed E-state index contributed by atoms with van der Waals surface area (Å²) in [6, 6.07) is 0. The predicted octanol–water partition coefficient (Wildman–Crippen LogP) is 5.05. The van der Waals surface area contributed by atoms with Gasteiger partial charge in [-0.25, -0.2) is 0 Å². The number of rotatable bonds is 4.